The van der Waals surface area contributed by atoms with Gasteiger partial charge in [-0.15, -0.1) is 0 Å². The highest BCUT2D eigenvalue weighted by atomic mass is 16.5. The van der Waals surface area contributed by atoms with E-state index in [4.69, 9.17) is 4.74 Å². The second-order valence-electron chi connectivity index (χ2n) is 18.8. The standard InChI is InChI=1S/C67H43N3O/c1-3-16-44(17-4-1)45-30-35-49(36-31-45)68(50-37-32-46(33-38-50)47-34-41-61-55(42-47)54-21-8-11-25-60(54)69(61)48-18-5-2-6-19-48)51-39-40-53-52-20-7-9-22-56(52)67(59(53)43-51)57-23-10-12-26-62(57)70-63-27-13-14-28-64(63)71-65-29-15-24-58(67)66(65)70/h1-43H. The predicted molar refractivity (Wildman–Crippen MR) is 292 cm³/mol. The molecule has 15 rings (SSSR count). The van der Waals surface area contributed by atoms with Crippen LogP contribution in [0.4, 0.5) is 34.1 Å². The van der Waals surface area contributed by atoms with Crippen molar-refractivity contribution < 1.29 is 4.74 Å². The molecule has 1 aromatic heterocycles. The molecule has 0 fully saturated rings. The molecule has 0 N–H and O–H groups in total. The smallest absolute Gasteiger partial charge is 0.151 e. The highest BCUT2D eigenvalue weighted by Gasteiger charge is 2.53. The predicted octanol–water partition coefficient (Wildman–Crippen LogP) is 17.8. The maximum Gasteiger partial charge on any atom is 0.151 e. The minimum atomic E-state index is -0.634. The molecule has 0 bridgehead atoms. The highest BCUT2D eigenvalue weighted by Crippen LogP contribution is 2.67. The first-order valence-corrected chi connectivity index (χ1v) is 24.4. The Hall–Kier alpha value is -9.38. The van der Waals surface area contributed by atoms with Crippen LogP contribution in [0.25, 0.3) is 60.9 Å². The summed E-state index contributed by atoms with van der Waals surface area (Å²) in [6, 6.07) is 95.3. The van der Waals surface area contributed by atoms with Crippen molar-refractivity contribution in [3.8, 4) is 50.6 Å². The van der Waals surface area contributed by atoms with Crippen molar-refractivity contribution in [3.63, 3.8) is 0 Å². The maximum absolute atomic E-state index is 6.79. The molecular weight excluding hydrogens is 863 g/mol. The number of anilines is 6. The van der Waals surface area contributed by atoms with E-state index in [0.29, 0.717) is 0 Å². The number of hydrogen-bond donors (Lipinski definition) is 0. The van der Waals surface area contributed by atoms with Crippen LogP contribution >= 0.6 is 0 Å². The van der Waals surface area contributed by atoms with E-state index in [9.17, 15) is 0 Å². The van der Waals surface area contributed by atoms with Crippen LogP contribution in [0.15, 0.2) is 261 Å². The van der Waals surface area contributed by atoms with Gasteiger partial charge in [-0.3, -0.25) is 0 Å². The van der Waals surface area contributed by atoms with E-state index in [2.05, 4.69) is 275 Å². The summed E-state index contributed by atoms with van der Waals surface area (Å²) in [5.41, 5.74) is 21.6. The number of hydrogen-bond acceptors (Lipinski definition) is 3. The average Bonchev–Trinajstić information content (AvgIpc) is 3.93. The van der Waals surface area contributed by atoms with E-state index >= 15 is 0 Å². The first-order chi connectivity index (χ1) is 35.2. The monoisotopic (exact) mass is 905 g/mol. The Morgan fingerprint density at radius 1 is 0.338 bits per heavy atom. The summed E-state index contributed by atoms with van der Waals surface area (Å²) in [6.45, 7) is 0. The Balaban J connectivity index is 0.910. The number of aromatic nitrogens is 1. The van der Waals surface area contributed by atoms with Crippen LogP contribution in [-0.2, 0) is 5.41 Å². The van der Waals surface area contributed by atoms with Gasteiger partial charge in [-0.2, -0.15) is 0 Å². The molecule has 1 unspecified atom stereocenters. The summed E-state index contributed by atoms with van der Waals surface area (Å²) < 4.78 is 9.16. The number of para-hydroxylation sites is 6. The molecule has 0 saturated carbocycles. The third-order valence-electron chi connectivity index (χ3n) is 15.2. The minimum Gasteiger partial charge on any atom is -0.453 e. The van der Waals surface area contributed by atoms with Gasteiger partial charge in [0.2, 0.25) is 0 Å². The summed E-state index contributed by atoms with van der Waals surface area (Å²) in [6.07, 6.45) is 0. The number of ether oxygens (including phenoxy) is 1. The second-order valence-corrected chi connectivity index (χ2v) is 18.8. The van der Waals surface area contributed by atoms with E-state index in [1.54, 1.807) is 0 Å². The lowest BCUT2D eigenvalue weighted by molar-refractivity contribution is 0.473. The number of rotatable bonds is 6. The zero-order valence-electron chi connectivity index (χ0n) is 38.6. The van der Waals surface area contributed by atoms with E-state index in [0.717, 1.165) is 56.9 Å². The Labute approximate surface area is 412 Å². The molecule has 1 spiro atoms. The van der Waals surface area contributed by atoms with Crippen LogP contribution in [0.1, 0.15) is 22.3 Å². The third kappa shape index (κ3) is 5.73. The van der Waals surface area contributed by atoms with Crippen LogP contribution in [0.5, 0.6) is 11.5 Å². The van der Waals surface area contributed by atoms with Crippen molar-refractivity contribution in [1.82, 2.24) is 4.57 Å². The van der Waals surface area contributed by atoms with Crippen LogP contribution in [0, 0.1) is 0 Å². The molecule has 71 heavy (non-hydrogen) atoms. The first kappa shape index (κ1) is 39.6. The molecule has 3 aliphatic rings. The van der Waals surface area contributed by atoms with Crippen molar-refractivity contribution >= 4 is 55.9 Å². The summed E-state index contributed by atoms with van der Waals surface area (Å²) >= 11 is 0. The first-order valence-electron chi connectivity index (χ1n) is 24.4. The van der Waals surface area contributed by atoms with Gasteiger partial charge in [-0.05, 0) is 147 Å². The maximum atomic E-state index is 6.79. The Kier molecular flexibility index (Phi) is 8.54. The lowest BCUT2D eigenvalue weighted by Gasteiger charge is -2.47. The largest absolute Gasteiger partial charge is 0.453 e. The topological polar surface area (TPSA) is 20.6 Å². The van der Waals surface area contributed by atoms with Crippen LogP contribution in [0.2, 0.25) is 0 Å². The normalized spacial score (nSPS) is 14.6. The molecule has 0 radical (unpaired) electrons. The minimum absolute atomic E-state index is 0.634. The molecule has 0 amide bonds. The quantitative estimate of drug-likeness (QED) is 0.166. The van der Waals surface area contributed by atoms with Crippen LogP contribution in [-0.4, -0.2) is 4.57 Å². The van der Waals surface area contributed by atoms with Gasteiger partial charge in [0.25, 0.3) is 0 Å². The lowest BCUT2D eigenvalue weighted by atomic mass is 9.64. The zero-order valence-corrected chi connectivity index (χ0v) is 38.6. The molecule has 1 aliphatic carbocycles. The van der Waals surface area contributed by atoms with E-state index in [1.807, 2.05) is 0 Å². The summed E-state index contributed by atoms with van der Waals surface area (Å²) in [5.74, 6) is 1.71. The summed E-state index contributed by atoms with van der Waals surface area (Å²) in [4.78, 5) is 4.85. The average molecular weight is 906 g/mol. The van der Waals surface area contributed by atoms with Gasteiger partial charge in [0.1, 0.15) is 0 Å². The van der Waals surface area contributed by atoms with Gasteiger partial charge in [0.05, 0.1) is 33.5 Å². The molecule has 332 valence electrons. The van der Waals surface area contributed by atoms with Crippen molar-refractivity contribution in [2.24, 2.45) is 0 Å². The van der Waals surface area contributed by atoms with Gasteiger partial charge in [0, 0.05) is 33.5 Å². The Bertz CT molecular complexity index is 4080. The molecule has 1 atom stereocenters. The van der Waals surface area contributed by atoms with Gasteiger partial charge in [-0.1, -0.05) is 170 Å². The van der Waals surface area contributed by atoms with Crippen molar-refractivity contribution in [2.75, 3.05) is 9.80 Å². The van der Waals surface area contributed by atoms with E-state index < -0.39 is 5.41 Å². The molecule has 4 nitrogen and oxygen atoms in total. The molecule has 2 aliphatic heterocycles. The summed E-state index contributed by atoms with van der Waals surface area (Å²) in [7, 11) is 0. The zero-order chi connectivity index (χ0) is 46.6. The highest BCUT2D eigenvalue weighted by molar-refractivity contribution is 6.10. The van der Waals surface area contributed by atoms with E-state index in [1.165, 1.54) is 71.9 Å². The molecule has 3 heterocycles. The van der Waals surface area contributed by atoms with Crippen LogP contribution < -0.4 is 14.5 Å². The SMILES string of the molecule is c1ccc(-c2ccc(N(c3ccc(-c4ccc5c(c4)c4ccccc4n5-c4ccccc4)cc3)c3ccc4c(c3)C3(c5ccccc5-4)c4ccccc4N4c5ccccc5Oc5cccc3c54)cc2)cc1. The molecular formula is C67H43N3O. The number of fused-ring (bicyclic) bond motifs is 14. The van der Waals surface area contributed by atoms with E-state index in [-0.39, 0.29) is 0 Å². The molecule has 4 heteroatoms. The molecule has 12 aromatic rings. The Morgan fingerprint density at radius 3 is 1.70 bits per heavy atom. The molecule has 0 saturated heterocycles. The van der Waals surface area contributed by atoms with Crippen molar-refractivity contribution in [3.05, 3.63) is 283 Å². The second kappa shape index (κ2) is 15.3. The van der Waals surface area contributed by atoms with Gasteiger partial charge >= 0.3 is 0 Å². The van der Waals surface area contributed by atoms with Crippen LogP contribution in [0.3, 0.4) is 0 Å². The third-order valence-corrected chi connectivity index (χ3v) is 15.2. The number of benzene rings is 11. The van der Waals surface area contributed by atoms with Crippen molar-refractivity contribution in [1.29, 1.82) is 0 Å². The molecule has 11 aromatic carbocycles. The fourth-order valence-corrected chi connectivity index (χ4v) is 12.2. The Morgan fingerprint density at radius 2 is 0.901 bits per heavy atom. The van der Waals surface area contributed by atoms with Gasteiger partial charge in [0.15, 0.2) is 11.5 Å². The van der Waals surface area contributed by atoms with Gasteiger partial charge in [-0.25, -0.2) is 0 Å². The fraction of sp³-hybridized carbons (Fsp3) is 0.0149. The van der Waals surface area contributed by atoms with Gasteiger partial charge < -0.3 is 19.1 Å². The van der Waals surface area contributed by atoms with Crippen molar-refractivity contribution in [2.45, 2.75) is 5.41 Å². The lowest BCUT2D eigenvalue weighted by Crippen LogP contribution is -2.37. The summed E-state index contributed by atoms with van der Waals surface area (Å²) in [5, 5.41) is 2.48. The fourth-order valence-electron chi connectivity index (χ4n) is 12.2. The number of nitrogens with zero attached hydrogens (tertiary/aromatic N) is 3.